The van der Waals surface area contributed by atoms with E-state index in [-0.39, 0.29) is 0 Å². The first-order valence-corrected chi connectivity index (χ1v) is 8.01. The van der Waals surface area contributed by atoms with Crippen LogP contribution in [0.25, 0.3) is 5.69 Å². The molecule has 0 radical (unpaired) electrons. The number of amides is 1. The summed E-state index contributed by atoms with van der Waals surface area (Å²) in [5, 5.41) is 7.15. The van der Waals surface area contributed by atoms with Crippen LogP contribution < -0.4 is 5.32 Å². The molecule has 0 aliphatic rings. The van der Waals surface area contributed by atoms with Gasteiger partial charge in [0, 0.05) is 11.3 Å². The van der Waals surface area contributed by atoms with E-state index >= 15 is 0 Å². The third kappa shape index (κ3) is 3.50. The topological polar surface area (TPSA) is 64.0 Å². The molecular weight excluding hydrogens is 314 g/mol. The van der Waals surface area contributed by atoms with E-state index in [0.717, 1.165) is 22.6 Å². The van der Waals surface area contributed by atoms with Gasteiger partial charge in [-0.25, -0.2) is 4.68 Å². The largest absolute Gasteiger partial charge is 0.317 e. The Bertz CT molecular complexity index is 940. The predicted octanol–water partition coefficient (Wildman–Crippen LogP) is 3.62. The zero-order valence-electron chi connectivity index (χ0n) is 14.4. The molecule has 5 nitrogen and oxygen atoms in total. The number of hydrogen-bond donors (Lipinski definition) is 1. The molecule has 3 aromatic rings. The van der Waals surface area contributed by atoms with Gasteiger partial charge < -0.3 is 5.32 Å². The molecule has 1 heterocycles. The molecule has 0 aliphatic carbocycles. The van der Waals surface area contributed by atoms with Crippen LogP contribution in [0.4, 0.5) is 5.69 Å². The number of hydrogen-bond acceptors (Lipinski definition) is 3. The number of nitrogens with zero attached hydrogens (tertiary/aromatic N) is 2. The first-order valence-electron chi connectivity index (χ1n) is 8.01. The minimum atomic E-state index is -0.669. The zero-order chi connectivity index (χ0) is 18.0. The molecule has 0 fully saturated rings. The number of benzene rings is 2. The number of aromatic nitrogens is 2. The highest BCUT2D eigenvalue weighted by Crippen LogP contribution is 2.22. The summed E-state index contributed by atoms with van der Waals surface area (Å²) in [6, 6.07) is 16.2. The van der Waals surface area contributed by atoms with Gasteiger partial charge in [0.2, 0.25) is 0 Å². The van der Waals surface area contributed by atoms with Gasteiger partial charge in [0.1, 0.15) is 0 Å². The maximum Gasteiger partial charge on any atom is 0.296 e. The van der Waals surface area contributed by atoms with E-state index in [1.807, 2.05) is 51.1 Å². The van der Waals surface area contributed by atoms with Crippen LogP contribution in [-0.4, -0.2) is 21.5 Å². The molecule has 0 atom stereocenters. The highest BCUT2D eigenvalue weighted by Gasteiger charge is 2.18. The summed E-state index contributed by atoms with van der Waals surface area (Å²) in [6.07, 6.45) is 0. The average Bonchev–Trinajstić information content (AvgIpc) is 2.93. The smallest absolute Gasteiger partial charge is 0.296 e. The van der Waals surface area contributed by atoms with E-state index in [1.54, 1.807) is 28.9 Å². The second kappa shape index (κ2) is 6.73. The molecule has 0 saturated heterocycles. The number of anilines is 1. The fraction of sp³-hybridized carbons (Fsp3) is 0.150. The zero-order valence-corrected chi connectivity index (χ0v) is 14.4. The van der Waals surface area contributed by atoms with Crippen molar-refractivity contribution in [1.29, 1.82) is 0 Å². The van der Waals surface area contributed by atoms with E-state index in [1.165, 1.54) is 0 Å². The quantitative estimate of drug-likeness (QED) is 0.586. The van der Waals surface area contributed by atoms with Crippen LogP contribution in [0, 0.1) is 20.8 Å². The van der Waals surface area contributed by atoms with Gasteiger partial charge in [-0.05, 0) is 39.0 Å². The highest BCUT2D eigenvalue weighted by molar-refractivity contribution is 6.46. The molecule has 0 saturated carbocycles. The normalized spacial score (nSPS) is 10.5. The van der Waals surface area contributed by atoms with Gasteiger partial charge in [0.05, 0.1) is 17.1 Å². The summed E-state index contributed by atoms with van der Waals surface area (Å²) < 4.78 is 1.75. The molecule has 0 aliphatic heterocycles. The molecule has 5 heteroatoms. The lowest BCUT2D eigenvalue weighted by molar-refractivity contribution is -0.112. The summed E-state index contributed by atoms with van der Waals surface area (Å²) in [7, 11) is 0. The monoisotopic (exact) mass is 333 g/mol. The second-order valence-electron chi connectivity index (χ2n) is 6.01. The molecule has 1 N–H and O–H groups in total. The third-order valence-corrected chi connectivity index (χ3v) is 3.91. The minimum absolute atomic E-state index is 0.367. The van der Waals surface area contributed by atoms with Crippen LogP contribution in [0.2, 0.25) is 0 Å². The van der Waals surface area contributed by atoms with Crippen LogP contribution in [0.15, 0.2) is 54.6 Å². The van der Waals surface area contributed by atoms with E-state index in [0.29, 0.717) is 11.3 Å². The van der Waals surface area contributed by atoms with Gasteiger partial charge in [-0.15, -0.1) is 0 Å². The molecule has 0 spiro atoms. The molecule has 25 heavy (non-hydrogen) atoms. The maximum absolute atomic E-state index is 12.4. The van der Waals surface area contributed by atoms with Gasteiger partial charge >= 0.3 is 0 Å². The Hall–Kier alpha value is -3.21. The standard InChI is InChI=1S/C20H19N3O2/c1-13-8-10-16(11-9-13)19(24)20(25)21-17-6-4-5-7-18(17)23-15(3)12-14(2)22-23/h4-12H,1-3H3,(H,21,25). The lowest BCUT2D eigenvalue weighted by Crippen LogP contribution is -2.23. The van der Waals surface area contributed by atoms with Crippen molar-refractivity contribution < 1.29 is 9.59 Å². The number of Topliss-reactive ketones (excluding diaryl/α,β-unsaturated/α-hetero) is 1. The van der Waals surface area contributed by atoms with Crippen molar-refractivity contribution in [3.05, 3.63) is 77.1 Å². The van der Waals surface area contributed by atoms with Crippen molar-refractivity contribution in [3.63, 3.8) is 0 Å². The SMILES string of the molecule is Cc1ccc(C(=O)C(=O)Nc2ccccc2-n2nc(C)cc2C)cc1. The Morgan fingerprint density at radius 3 is 2.28 bits per heavy atom. The number of ketones is 1. The van der Waals surface area contributed by atoms with Crippen molar-refractivity contribution in [3.8, 4) is 5.69 Å². The molecule has 1 amide bonds. The summed E-state index contributed by atoms with van der Waals surface area (Å²) in [6.45, 7) is 5.78. The Balaban J connectivity index is 1.88. The molecule has 0 unspecified atom stereocenters. The lowest BCUT2D eigenvalue weighted by atomic mass is 10.1. The van der Waals surface area contributed by atoms with Crippen molar-refractivity contribution >= 4 is 17.4 Å². The summed E-state index contributed by atoms with van der Waals surface area (Å²) in [4.78, 5) is 24.7. The van der Waals surface area contributed by atoms with Crippen LogP contribution in [-0.2, 0) is 4.79 Å². The number of rotatable bonds is 4. The Kier molecular flexibility index (Phi) is 4.48. The summed E-state index contributed by atoms with van der Waals surface area (Å²) in [5.74, 6) is -1.24. The molecule has 126 valence electrons. The number of para-hydroxylation sites is 2. The molecular formula is C20H19N3O2. The fourth-order valence-corrected chi connectivity index (χ4v) is 2.65. The van der Waals surface area contributed by atoms with Gasteiger partial charge in [-0.3, -0.25) is 9.59 Å². The molecule has 2 aromatic carbocycles. The van der Waals surface area contributed by atoms with Crippen molar-refractivity contribution in [2.45, 2.75) is 20.8 Å². The van der Waals surface area contributed by atoms with Crippen molar-refractivity contribution in [2.75, 3.05) is 5.32 Å². The Labute approximate surface area is 146 Å². The number of carbonyl (C=O) groups is 2. The van der Waals surface area contributed by atoms with E-state index in [9.17, 15) is 9.59 Å². The average molecular weight is 333 g/mol. The maximum atomic E-state index is 12.4. The summed E-state index contributed by atoms with van der Waals surface area (Å²) in [5.41, 5.74) is 4.49. The predicted molar refractivity (Wildman–Crippen MR) is 97.2 cm³/mol. The van der Waals surface area contributed by atoms with Crippen LogP contribution in [0.1, 0.15) is 27.3 Å². The Morgan fingerprint density at radius 1 is 0.960 bits per heavy atom. The van der Waals surface area contributed by atoms with Gasteiger partial charge in [-0.1, -0.05) is 42.0 Å². The first-order chi connectivity index (χ1) is 12.0. The summed E-state index contributed by atoms with van der Waals surface area (Å²) >= 11 is 0. The van der Waals surface area contributed by atoms with Gasteiger partial charge in [0.25, 0.3) is 11.7 Å². The van der Waals surface area contributed by atoms with Gasteiger partial charge in [-0.2, -0.15) is 5.10 Å². The van der Waals surface area contributed by atoms with Gasteiger partial charge in [0.15, 0.2) is 0 Å². The minimum Gasteiger partial charge on any atom is -0.317 e. The lowest BCUT2D eigenvalue weighted by Gasteiger charge is -2.12. The second-order valence-corrected chi connectivity index (χ2v) is 6.01. The Morgan fingerprint density at radius 2 is 1.64 bits per heavy atom. The number of carbonyl (C=O) groups excluding carboxylic acids is 2. The first kappa shape index (κ1) is 16.6. The van der Waals surface area contributed by atoms with E-state index < -0.39 is 11.7 Å². The van der Waals surface area contributed by atoms with Crippen LogP contribution in [0.5, 0.6) is 0 Å². The highest BCUT2D eigenvalue weighted by atomic mass is 16.2. The molecule has 3 rings (SSSR count). The van der Waals surface area contributed by atoms with E-state index in [2.05, 4.69) is 10.4 Å². The van der Waals surface area contributed by atoms with Crippen molar-refractivity contribution in [2.24, 2.45) is 0 Å². The molecule has 0 bridgehead atoms. The number of aryl methyl sites for hydroxylation is 3. The fourth-order valence-electron chi connectivity index (χ4n) is 2.65. The van der Waals surface area contributed by atoms with Crippen LogP contribution >= 0.6 is 0 Å². The number of nitrogens with one attached hydrogen (secondary N) is 1. The van der Waals surface area contributed by atoms with Crippen molar-refractivity contribution in [1.82, 2.24) is 9.78 Å². The third-order valence-electron chi connectivity index (χ3n) is 3.91. The van der Waals surface area contributed by atoms with Crippen LogP contribution in [0.3, 0.4) is 0 Å². The molecule has 1 aromatic heterocycles. The van der Waals surface area contributed by atoms with E-state index in [4.69, 9.17) is 0 Å².